The van der Waals surface area contributed by atoms with Gasteiger partial charge < -0.3 is 29.4 Å². The molecule has 1 aliphatic rings. The van der Waals surface area contributed by atoms with Crippen molar-refractivity contribution in [1.82, 2.24) is 5.32 Å². The van der Waals surface area contributed by atoms with Gasteiger partial charge >= 0.3 is 29.6 Å². The molecule has 7 nitrogen and oxygen atoms in total. The Morgan fingerprint density at radius 2 is 1.86 bits per heavy atom. The molecule has 0 fully saturated rings. The molecule has 3 aromatic rings. The summed E-state index contributed by atoms with van der Waals surface area (Å²) in [5.41, 5.74) is 1.98. The number of halogens is 1. The minimum absolute atomic E-state index is 0. The molecule has 0 radical (unpaired) electrons. The van der Waals surface area contributed by atoms with Crippen LogP contribution in [0.2, 0.25) is 5.02 Å². The van der Waals surface area contributed by atoms with Gasteiger partial charge in [-0.2, -0.15) is 0 Å². The van der Waals surface area contributed by atoms with E-state index in [1.54, 1.807) is 37.4 Å². The number of rotatable bonds is 8. The van der Waals surface area contributed by atoms with E-state index in [1.165, 1.54) is 6.07 Å². The van der Waals surface area contributed by atoms with E-state index in [1.807, 2.05) is 24.3 Å². The Morgan fingerprint density at radius 3 is 2.57 bits per heavy atom. The van der Waals surface area contributed by atoms with Crippen molar-refractivity contribution in [3.8, 4) is 23.0 Å². The smallest absolute Gasteiger partial charge is 0.549 e. The van der Waals surface area contributed by atoms with Crippen LogP contribution in [0.25, 0.3) is 0 Å². The first-order valence-electron chi connectivity index (χ1n) is 10.8. The maximum Gasteiger partial charge on any atom is 1.00 e. The molecule has 0 aliphatic carbocycles. The third-order valence-corrected chi connectivity index (χ3v) is 5.90. The molecule has 0 saturated carbocycles. The molecular weight excluding hydrogens is 481 g/mol. The fourth-order valence-electron chi connectivity index (χ4n) is 3.84. The molecule has 176 valence electrons. The maximum absolute atomic E-state index is 12.5. The quantitative estimate of drug-likeness (QED) is 0.455. The van der Waals surface area contributed by atoms with Crippen molar-refractivity contribution >= 4 is 23.5 Å². The molecule has 4 rings (SSSR count). The number of benzene rings is 3. The minimum atomic E-state index is -1.16. The van der Waals surface area contributed by atoms with Gasteiger partial charge in [-0.1, -0.05) is 29.8 Å². The number of carboxylic acid groups (broad SMARTS) is 1. The van der Waals surface area contributed by atoms with Crippen LogP contribution in [0.4, 0.5) is 0 Å². The van der Waals surface area contributed by atoms with E-state index in [0.717, 1.165) is 11.3 Å². The van der Waals surface area contributed by atoms with Crippen LogP contribution < -0.4 is 54.2 Å². The number of aliphatic carboxylic acids is 1. The first-order valence-corrected chi connectivity index (χ1v) is 11.2. The van der Waals surface area contributed by atoms with Crippen LogP contribution >= 0.6 is 11.6 Å². The Balaban J connectivity index is 0.00000342. The van der Waals surface area contributed by atoms with Crippen molar-refractivity contribution in [3.05, 3.63) is 82.4 Å². The third-order valence-electron chi connectivity index (χ3n) is 5.61. The van der Waals surface area contributed by atoms with Gasteiger partial charge in [0.25, 0.3) is 5.91 Å². The Morgan fingerprint density at radius 1 is 1.11 bits per heavy atom. The molecule has 1 atom stereocenters. The number of methoxy groups -OCH3 is 1. The molecule has 3 aromatic carbocycles. The van der Waals surface area contributed by atoms with Crippen LogP contribution in [0, 0.1) is 0 Å². The molecule has 1 amide bonds. The fraction of sp³-hybridized carbons (Fsp3) is 0.231. The van der Waals surface area contributed by atoms with Gasteiger partial charge in [-0.3, -0.25) is 4.79 Å². The molecule has 1 unspecified atom stereocenters. The number of nitrogens with one attached hydrogen (secondary N) is 1. The average molecular weight is 504 g/mol. The molecule has 0 bridgehead atoms. The molecule has 1 N–H and O–H groups in total. The standard InChI is InChI=1S/C26H24ClNO6.Na/c1-32-22-5-3-2-4-16(22)10-12-28-25(29)17-6-8-18(9-7-17)34-24-15-23-20(14-21(24)27)19(26(30)31)11-13-33-23;/h2-9,14-15,19H,10-13H2,1H3,(H,28,29)(H,30,31);/q;+1/p-1. The number of carboxylic acids is 1. The van der Waals surface area contributed by atoms with Crippen LogP contribution in [0.3, 0.4) is 0 Å². The van der Waals surface area contributed by atoms with E-state index < -0.39 is 11.9 Å². The van der Waals surface area contributed by atoms with Gasteiger partial charge in [0.2, 0.25) is 0 Å². The fourth-order valence-corrected chi connectivity index (χ4v) is 4.05. The van der Waals surface area contributed by atoms with Crippen molar-refractivity contribution in [3.63, 3.8) is 0 Å². The first kappa shape index (κ1) is 26.9. The van der Waals surface area contributed by atoms with Crippen molar-refractivity contribution in [2.24, 2.45) is 0 Å². The van der Waals surface area contributed by atoms with Gasteiger partial charge in [0.15, 0.2) is 0 Å². The van der Waals surface area contributed by atoms with Crippen LogP contribution in [-0.4, -0.2) is 32.1 Å². The Labute approximate surface area is 230 Å². The van der Waals surface area contributed by atoms with Crippen LogP contribution in [0.1, 0.15) is 33.8 Å². The molecule has 1 aliphatic heterocycles. The molecule has 9 heteroatoms. The summed E-state index contributed by atoms with van der Waals surface area (Å²) in [6.07, 6.45) is 0.975. The summed E-state index contributed by atoms with van der Waals surface area (Å²) in [4.78, 5) is 23.9. The van der Waals surface area contributed by atoms with Crippen molar-refractivity contribution in [2.45, 2.75) is 18.8 Å². The number of hydrogen-bond donors (Lipinski definition) is 1. The maximum atomic E-state index is 12.5. The first-order chi connectivity index (χ1) is 16.5. The monoisotopic (exact) mass is 503 g/mol. The second kappa shape index (κ2) is 12.3. The van der Waals surface area contributed by atoms with Gasteiger partial charge in [0, 0.05) is 35.6 Å². The van der Waals surface area contributed by atoms with Gasteiger partial charge in [-0.15, -0.1) is 0 Å². The van der Waals surface area contributed by atoms with Gasteiger partial charge in [0.1, 0.15) is 23.0 Å². The predicted octanol–water partition coefficient (Wildman–Crippen LogP) is 0.733. The second-order valence-electron chi connectivity index (χ2n) is 7.77. The van der Waals surface area contributed by atoms with Crippen molar-refractivity contribution in [1.29, 1.82) is 0 Å². The Hall–Kier alpha value is -2.71. The molecule has 0 aromatic heterocycles. The Bertz CT molecular complexity index is 1200. The zero-order valence-electron chi connectivity index (χ0n) is 19.5. The number of hydrogen-bond acceptors (Lipinski definition) is 6. The number of carbonyl (C=O) groups excluding carboxylic acids is 2. The van der Waals surface area contributed by atoms with Crippen molar-refractivity contribution in [2.75, 3.05) is 20.3 Å². The third kappa shape index (κ3) is 6.49. The van der Waals surface area contributed by atoms with Gasteiger partial charge in [0.05, 0.1) is 18.7 Å². The Kier molecular flexibility index (Phi) is 9.46. The molecule has 0 spiro atoms. The average Bonchev–Trinajstić information content (AvgIpc) is 2.84. The zero-order valence-corrected chi connectivity index (χ0v) is 22.3. The topological polar surface area (TPSA) is 96.9 Å². The minimum Gasteiger partial charge on any atom is -0.549 e. The molecule has 0 saturated heterocycles. The number of para-hydroxylation sites is 1. The number of ether oxygens (including phenoxy) is 3. The van der Waals surface area contributed by atoms with E-state index in [4.69, 9.17) is 25.8 Å². The number of carbonyl (C=O) groups is 2. The van der Waals surface area contributed by atoms with Gasteiger partial charge in [-0.25, -0.2) is 0 Å². The van der Waals surface area contributed by atoms with Crippen LogP contribution in [0.15, 0.2) is 60.7 Å². The summed E-state index contributed by atoms with van der Waals surface area (Å²) in [6, 6.07) is 17.4. The largest absolute Gasteiger partial charge is 1.00 e. The summed E-state index contributed by atoms with van der Waals surface area (Å²) < 4.78 is 16.8. The van der Waals surface area contributed by atoms with Crippen LogP contribution in [0.5, 0.6) is 23.0 Å². The summed E-state index contributed by atoms with van der Waals surface area (Å²) >= 11 is 6.33. The SMILES string of the molecule is COc1ccccc1CCNC(=O)c1ccc(Oc2cc3c(cc2Cl)C(C(=O)[O-])CCO3)cc1.[Na+]. The van der Waals surface area contributed by atoms with Gasteiger partial charge in [-0.05, 0) is 54.8 Å². The van der Waals surface area contributed by atoms with E-state index in [9.17, 15) is 14.7 Å². The number of amides is 1. The summed E-state index contributed by atoms with van der Waals surface area (Å²) in [5.74, 6) is -0.129. The van der Waals surface area contributed by atoms with E-state index in [-0.39, 0.29) is 47.1 Å². The zero-order chi connectivity index (χ0) is 24.1. The summed E-state index contributed by atoms with van der Waals surface area (Å²) in [5, 5.41) is 14.5. The summed E-state index contributed by atoms with van der Waals surface area (Å²) in [7, 11) is 1.62. The van der Waals surface area contributed by atoms with E-state index >= 15 is 0 Å². The second-order valence-corrected chi connectivity index (χ2v) is 8.18. The predicted molar refractivity (Wildman–Crippen MR) is 125 cm³/mol. The summed E-state index contributed by atoms with van der Waals surface area (Å²) in [6.45, 7) is 0.739. The van der Waals surface area contributed by atoms with E-state index in [2.05, 4.69) is 5.32 Å². The van der Waals surface area contributed by atoms with Crippen molar-refractivity contribution < 1.29 is 58.5 Å². The molecule has 1 heterocycles. The normalized spacial score (nSPS) is 14.1. The molecular formula is C26H23ClNNaO6. The molecule has 35 heavy (non-hydrogen) atoms. The van der Waals surface area contributed by atoms with E-state index in [0.29, 0.717) is 47.8 Å². The van der Waals surface area contributed by atoms with Crippen LogP contribution in [-0.2, 0) is 11.2 Å². The number of fused-ring (bicyclic) bond motifs is 1.